The minimum absolute atomic E-state index is 0.0163. The molecule has 0 aromatic heterocycles. The Morgan fingerprint density at radius 1 is 1.00 bits per heavy atom. The second-order valence-electron chi connectivity index (χ2n) is 4.05. The molecule has 0 radical (unpaired) electrons. The average Bonchev–Trinajstić information content (AvgIpc) is 2.42. The standard InChI is InChI=1S/C15H16ClNO/c16-13-6-8-14(9-7-13)18-15(10-11-17)12-4-2-1-3-5-12/h1-9,15H,10-11,17H2. The van der Waals surface area contributed by atoms with E-state index in [2.05, 4.69) is 12.1 Å². The van der Waals surface area contributed by atoms with Crippen LogP contribution in [0.4, 0.5) is 0 Å². The van der Waals surface area contributed by atoms with Crippen LogP contribution in [-0.4, -0.2) is 6.54 Å². The predicted octanol–water partition coefficient (Wildman–Crippen LogP) is 3.81. The molecule has 2 aromatic carbocycles. The summed E-state index contributed by atoms with van der Waals surface area (Å²) in [5.74, 6) is 0.807. The van der Waals surface area contributed by atoms with Crippen LogP contribution >= 0.6 is 11.6 Å². The predicted molar refractivity (Wildman–Crippen MR) is 74.9 cm³/mol. The van der Waals surface area contributed by atoms with Gasteiger partial charge in [0.05, 0.1) is 0 Å². The number of nitrogens with two attached hydrogens (primary N) is 1. The first kappa shape index (κ1) is 12.9. The zero-order chi connectivity index (χ0) is 12.8. The lowest BCUT2D eigenvalue weighted by Crippen LogP contribution is -2.13. The number of halogens is 1. The molecule has 94 valence electrons. The third-order valence-electron chi connectivity index (χ3n) is 2.69. The van der Waals surface area contributed by atoms with E-state index in [1.165, 1.54) is 0 Å². The van der Waals surface area contributed by atoms with Crippen molar-refractivity contribution < 1.29 is 4.74 Å². The monoisotopic (exact) mass is 261 g/mol. The molecule has 0 aliphatic rings. The molecule has 2 nitrogen and oxygen atoms in total. The van der Waals surface area contributed by atoms with Crippen LogP contribution in [0.25, 0.3) is 0 Å². The first-order chi connectivity index (χ1) is 8.79. The van der Waals surface area contributed by atoms with Gasteiger partial charge in [0.25, 0.3) is 0 Å². The van der Waals surface area contributed by atoms with Gasteiger partial charge in [-0.25, -0.2) is 0 Å². The van der Waals surface area contributed by atoms with Crippen molar-refractivity contribution in [2.24, 2.45) is 5.73 Å². The molecule has 0 fully saturated rings. The molecular formula is C15H16ClNO. The highest BCUT2D eigenvalue weighted by Crippen LogP contribution is 2.25. The summed E-state index contributed by atoms with van der Waals surface area (Å²) in [4.78, 5) is 0. The first-order valence-electron chi connectivity index (χ1n) is 5.97. The number of rotatable bonds is 5. The minimum Gasteiger partial charge on any atom is -0.486 e. The molecule has 0 spiro atoms. The molecule has 2 rings (SSSR count). The zero-order valence-electron chi connectivity index (χ0n) is 10.1. The highest BCUT2D eigenvalue weighted by molar-refractivity contribution is 6.30. The Bertz CT molecular complexity index is 470. The van der Waals surface area contributed by atoms with E-state index in [-0.39, 0.29) is 6.10 Å². The Morgan fingerprint density at radius 3 is 2.28 bits per heavy atom. The molecule has 0 bridgehead atoms. The normalized spacial score (nSPS) is 12.1. The van der Waals surface area contributed by atoms with Crippen molar-refractivity contribution in [3.8, 4) is 5.75 Å². The van der Waals surface area contributed by atoms with Crippen molar-refractivity contribution in [1.82, 2.24) is 0 Å². The number of benzene rings is 2. The van der Waals surface area contributed by atoms with Crippen molar-refractivity contribution in [1.29, 1.82) is 0 Å². The fourth-order valence-electron chi connectivity index (χ4n) is 1.79. The summed E-state index contributed by atoms with van der Waals surface area (Å²) < 4.78 is 5.96. The molecule has 2 aromatic rings. The van der Waals surface area contributed by atoms with Gasteiger partial charge in [-0.3, -0.25) is 0 Å². The van der Waals surface area contributed by atoms with Crippen LogP contribution in [0, 0.1) is 0 Å². The highest BCUT2D eigenvalue weighted by Gasteiger charge is 2.11. The van der Waals surface area contributed by atoms with Crippen LogP contribution in [-0.2, 0) is 0 Å². The highest BCUT2D eigenvalue weighted by atomic mass is 35.5. The van der Waals surface area contributed by atoms with E-state index in [4.69, 9.17) is 22.1 Å². The SMILES string of the molecule is NCCC(Oc1ccc(Cl)cc1)c1ccccc1. The maximum atomic E-state index is 5.96. The minimum atomic E-state index is -0.0163. The van der Waals surface area contributed by atoms with E-state index in [0.717, 1.165) is 17.7 Å². The molecule has 18 heavy (non-hydrogen) atoms. The quantitative estimate of drug-likeness (QED) is 0.888. The molecule has 0 saturated heterocycles. The number of hydrogen-bond acceptors (Lipinski definition) is 2. The van der Waals surface area contributed by atoms with Crippen LogP contribution < -0.4 is 10.5 Å². The van der Waals surface area contributed by atoms with E-state index in [1.54, 1.807) is 0 Å². The Balaban J connectivity index is 2.14. The lowest BCUT2D eigenvalue weighted by atomic mass is 10.1. The van der Waals surface area contributed by atoms with Gasteiger partial charge in [-0.1, -0.05) is 41.9 Å². The molecule has 3 heteroatoms. The maximum Gasteiger partial charge on any atom is 0.125 e. The Hall–Kier alpha value is -1.51. The second kappa shape index (κ2) is 6.43. The Morgan fingerprint density at radius 2 is 1.67 bits per heavy atom. The smallest absolute Gasteiger partial charge is 0.125 e. The number of hydrogen-bond donors (Lipinski definition) is 1. The largest absolute Gasteiger partial charge is 0.486 e. The van der Waals surface area contributed by atoms with E-state index in [0.29, 0.717) is 11.6 Å². The summed E-state index contributed by atoms with van der Waals surface area (Å²) in [6.45, 7) is 0.590. The van der Waals surface area contributed by atoms with Crippen molar-refractivity contribution >= 4 is 11.6 Å². The van der Waals surface area contributed by atoms with Gasteiger partial charge in [0.15, 0.2) is 0 Å². The molecule has 1 atom stereocenters. The number of ether oxygens (including phenoxy) is 1. The van der Waals surface area contributed by atoms with Gasteiger partial charge >= 0.3 is 0 Å². The van der Waals surface area contributed by atoms with Crippen LogP contribution in [0.5, 0.6) is 5.75 Å². The lowest BCUT2D eigenvalue weighted by molar-refractivity contribution is 0.198. The lowest BCUT2D eigenvalue weighted by Gasteiger charge is -2.19. The first-order valence-corrected chi connectivity index (χ1v) is 6.34. The third kappa shape index (κ3) is 3.49. The molecular weight excluding hydrogens is 246 g/mol. The van der Waals surface area contributed by atoms with Gasteiger partial charge in [0.1, 0.15) is 11.9 Å². The molecule has 0 aliphatic carbocycles. The van der Waals surface area contributed by atoms with Crippen molar-refractivity contribution in [3.63, 3.8) is 0 Å². The van der Waals surface area contributed by atoms with Crippen LogP contribution in [0.3, 0.4) is 0 Å². The summed E-state index contributed by atoms with van der Waals surface area (Å²) in [6.07, 6.45) is 0.768. The molecule has 0 saturated carbocycles. The van der Waals surface area contributed by atoms with E-state index in [1.807, 2.05) is 42.5 Å². The Labute approximate surface area is 112 Å². The fourth-order valence-corrected chi connectivity index (χ4v) is 1.92. The average molecular weight is 262 g/mol. The maximum absolute atomic E-state index is 5.96. The molecule has 0 amide bonds. The molecule has 0 heterocycles. The van der Waals surface area contributed by atoms with Gasteiger partial charge in [-0.2, -0.15) is 0 Å². The fraction of sp³-hybridized carbons (Fsp3) is 0.200. The van der Waals surface area contributed by atoms with Crippen molar-refractivity contribution in [2.45, 2.75) is 12.5 Å². The molecule has 2 N–H and O–H groups in total. The summed E-state index contributed by atoms with van der Waals surface area (Å²) in [7, 11) is 0. The second-order valence-corrected chi connectivity index (χ2v) is 4.48. The van der Waals surface area contributed by atoms with Crippen LogP contribution in [0.2, 0.25) is 5.02 Å². The van der Waals surface area contributed by atoms with Gasteiger partial charge < -0.3 is 10.5 Å². The Kier molecular flexibility index (Phi) is 4.62. The molecule has 0 aliphatic heterocycles. The zero-order valence-corrected chi connectivity index (χ0v) is 10.8. The van der Waals surface area contributed by atoms with Gasteiger partial charge in [-0.05, 0) is 36.4 Å². The third-order valence-corrected chi connectivity index (χ3v) is 2.94. The summed E-state index contributed by atoms with van der Waals surface area (Å²) in [6, 6.07) is 17.5. The van der Waals surface area contributed by atoms with Crippen molar-refractivity contribution in [3.05, 3.63) is 65.2 Å². The van der Waals surface area contributed by atoms with Crippen LogP contribution in [0.15, 0.2) is 54.6 Å². The van der Waals surface area contributed by atoms with Crippen molar-refractivity contribution in [2.75, 3.05) is 6.54 Å². The van der Waals surface area contributed by atoms with E-state index < -0.39 is 0 Å². The van der Waals surface area contributed by atoms with Gasteiger partial charge in [0, 0.05) is 11.4 Å². The summed E-state index contributed by atoms with van der Waals surface area (Å²) >= 11 is 5.85. The van der Waals surface area contributed by atoms with Gasteiger partial charge in [-0.15, -0.1) is 0 Å². The molecule has 1 unspecified atom stereocenters. The topological polar surface area (TPSA) is 35.2 Å². The summed E-state index contributed by atoms with van der Waals surface area (Å²) in [5.41, 5.74) is 6.78. The van der Waals surface area contributed by atoms with E-state index >= 15 is 0 Å². The van der Waals surface area contributed by atoms with E-state index in [9.17, 15) is 0 Å². The van der Waals surface area contributed by atoms with Crippen LogP contribution in [0.1, 0.15) is 18.1 Å². The summed E-state index contributed by atoms with van der Waals surface area (Å²) in [5, 5.41) is 0.706. The van der Waals surface area contributed by atoms with Gasteiger partial charge in [0.2, 0.25) is 0 Å².